The van der Waals surface area contributed by atoms with Crippen LogP contribution in [0.5, 0.6) is 0 Å². The van der Waals surface area contributed by atoms with Crippen LogP contribution in [-0.2, 0) is 14.4 Å². The Balaban J connectivity index is 1.80. The molecule has 2 fully saturated rings. The summed E-state index contributed by atoms with van der Waals surface area (Å²) in [7, 11) is 0. The number of amides is 3. The van der Waals surface area contributed by atoms with Gasteiger partial charge in [-0.05, 0) is 19.3 Å². The molecule has 0 aromatic rings. The molecule has 0 aliphatic carbocycles. The second kappa shape index (κ2) is 4.51. The highest BCUT2D eigenvalue weighted by Gasteiger charge is 2.33. The van der Waals surface area contributed by atoms with Crippen molar-refractivity contribution in [3.8, 4) is 0 Å². The number of likely N-dealkylation sites (tertiary alicyclic amines) is 1. The third-order valence-corrected chi connectivity index (χ3v) is 3.05. The lowest BCUT2D eigenvalue weighted by molar-refractivity contribution is -0.131. The average Bonchev–Trinajstić information content (AvgIpc) is 2.87. The molecular formula is C10H15N3O3. The van der Waals surface area contributed by atoms with Crippen molar-refractivity contribution in [2.45, 2.75) is 25.7 Å². The van der Waals surface area contributed by atoms with Gasteiger partial charge >= 0.3 is 0 Å². The maximum Gasteiger partial charge on any atom is 0.251 e. The molecule has 0 aromatic carbocycles. The maximum absolute atomic E-state index is 11.7. The molecule has 3 amide bonds. The number of hydrogen-bond acceptors (Lipinski definition) is 3. The van der Waals surface area contributed by atoms with Gasteiger partial charge in [-0.25, -0.2) is 0 Å². The van der Waals surface area contributed by atoms with E-state index in [1.54, 1.807) is 4.90 Å². The average molecular weight is 225 g/mol. The zero-order valence-corrected chi connectivity index (χ0v) is 8.99. The molecule has 0 unspecified atom stereocenters. The fraction of sp³-hybridized carbons (Fsp3) is 0.700. The van der Waals surface area contributed by atoms with Gasteiger partial charge in [-0.1, -0.05) is 0 Å². The largest absolute Gasteiger partial charge is 0.343 e. The molecule has 2 saturated heterocycles. The van der Waals surface area contributed by atoms with E-state index in [4.69, 9.17) is 0 Å². The first-order chi connectivity index (χ1) is 7.68. The van der Waals surface area contributed by atoms with Crippen molar-refractivity contribution < 1.29 is 14.4 Å². The van der Waals surface area contributed by atoms with Crippen LogP contribution in [0, 0.1) is 5.92 Å². The van der Waals surface area contributed by atoms with Gasteiger partial charge in [-0.15, -0.1) is 0 Å². The third kappa shape index (κ3) is 2.15. The molecule has 0 bridgehead atoms. The van der Waals surface area contributed by atoms with Crippen molar-refractivity contribution in [1.82, 2.24) is 15.8 Å². The van der Waals surface area contributed by atoms with Crippen LogP contribution in [0.3, 0.4) is 0 Å². The van der Waals surface area contributed by atoms with Crippen LogP contribution in [0.15, 0.2) is 0 Å². The monoisotopic (exact) mass is 225 g/mol. The van der Waals surface area contributed by atoms with E-state index in [0.29, 0.717) is 6.42 Å². The summed E-state index contributed by atoms with van der Waals surface area (Å²) in [4.78, 5) is 35.9. The van der Waals surface area contributed by atoms with Gasteiger partial charge in [0.2, 0.25) is 5.91 Å². The Morgan fingerprint density at radius 1 is 1.19 bits per heavy atom. The summed E-state index contributed by atoms with van der Waals surface area (Å²) in [5.41, 5.74) is 4.50. The minimum Gasteiger partial charge on any atom is -0.343 e. The fourth-order valence-electron chi connectivity index (χ4n) is 2.07. The first-order valence-corrected chi connectivity index (χ1v) is 5.56. The van der Waals surface area contributed by atoms with Crippen LogP contribution in [0.25, 0.3) is 0 Å². The topological polar surface area (TPSA) is 78.5 Å². The lowest BCUT2D eigenvalue weighted by atomic mass is 10.0. The Kier molecular flexibility index (Phi) is 3.07. The number of carbonyl (C=O) groups is 3. The quantitative estimate of drug-likeness (QED) is 0.615. The van der Waals surface area contributed by atoms with Crippen molar-refractivity contribution in [3.63, 3.8) is 0 Å². The molecule has 2 rings (SSSR count). The molecule has 2 aliphatic rings. The molecule has 0 atom stereocenters. The highest BCUT2D eigenvalue weighted by Crippen LogP contribution is 2.14. The molecule has 2 aliphatic heterocycles. The Hall–Kier alpha value is -1.59. The van der Waals surface area contributed by atoms with Gasteiger partial charge in [0.15, 0.2) is 0 Å². The van der Waals surface area contributed by atoms with Gasteiger partial charge in [-0.2, -0.15) is 0 Å². The SMILES string of the molecule is O=C1NNC(=O)C1CCC(=O)N1CCCC1. The number of hydrogen-bond donors (Lipinski definition) is 2. The Bertz CT molecular complexity index is 307. The van der Waals surface area contributed by atoms with Gasteiger partial charge in [0.05, 0.1) is 0 Å². The third-order valence-electron chi connectivity index (χ3n) is 3.05. The number of rotatable bonds is 3. The molecule has 6 nitrogen and oxygen atoms in total. The van der Waals surface area contributed by atoms with Crippen LogP contribution in [0.4, 0.5) is 0 Å². The van der Waals surface area contributed by atoms with Crippen molar-refractivity contribution >= 4 is 17.7 Å². The fourth-order valence-corrected chi connectivity index (χ4v) is 2.07. The summed E-state index contributed by atoms with van der Waals surface area (Å²) in [5, 5.41) is 0. The van der Waals surface area contributed by atoms with Crippen molar-refractivity contribution in [2.75, 3.05) is 13.1 Å². The molecular weight excluding hydrogens is 210 g/mol. The van der Waals surface area contributed by atoms with Crippen LogP contribution in [-0.4, -0.2) is 35.7 Å². The van der Waals surface area contributed by atoms with Crippen LogP contribution < -0.4 is 10.9 Å². The van der Waals surface area contributed by atoms with E-state index < -0.39 is 5.92 Å². The van der Waals surface area contributed by atoms with E-state index in [-0.39, 0.29) is 24.1 Å². The van der Waals surface area contributed by atoms with E-state index in [0.717, 1.165) is 25.9 Å². The molecule has 2 N–H and O–H groups in total. The second-order valence-electron chi connectivity index (χ2n) is 4.16. The minimum atomic E-state index is -0.702. The molecule has 0 spiro atoms. The summed E-state index contributed by atoms with van der Waals surface area (Å²) in [6.45, 7) is 1.61. The molecule has 88 valence electrons. The van der Waals surface area contributed by atoms with E-state index in [1.165, 1.54) is 0 Å². The highest BCUT2D eigenvalue weighted by atomic mass is 16.2. The molecule has 2 heterocycles. The first kappa shape index (κ1) is 10.9. The highest BCUT2D eigenvalue weighted by molar-refractivity contribution is 6.05. The zero-order valence-electron chi connectivity index (χ0n) is 8.99. The number of hydrazine groups is 1. The Morgan fingerprint density at radius 2 is 1.75 bits per heavy atom. The number of nitrogens with zero attached hydrogens (tertiary/aromatic N) is 1. The van der Waals surface area contributed by atoms with Crippen LogP contribution in [0.1, 0.15) is 25.7 Å². The van der Waals surface area contributed by atoms with Crippen LogP contribution >= 0.6 is 0 Å². The predicted molar refractivity (Wildman–Crippen MR) is 54.8 cm³/mol. The molecule has 0 saturated carbocycles. The standard InChI is InChI=1S/C10H15N3O3/c14-8(13-5-1-2-6-13)4-3-7-9(15)11-12-10(7)16/h7H,1-6H2,(H,11,15)(H,12,16). The second-order valence-corrected chi connectivity index (χ2v) is 4.16. The van der Waals surface area contributed by atoms with E-state index in [9.17, 15) is 14.4 Å². The van der Waals surface area contributed by atoms with E-state index in [1.807, 2.05) is 0 Å². The maximum atomic E-state index is 11.7. The summed E-state index contributed by atoms with van der Waals surface area (Å²) in [6.07, 6.45) is 2.67. The molecule has 16 heavy (non-hydrogen) atoms. The van der Waals surface area contributed by atoms with Gasteiger partial charge in [-0.3, -0.25) is 25.2 Å². The van der Waals surface area contributed by atoms with E-state index >= 15 is 0 Å². The summed E-state index contributed by atoms with van der Waals surface area (Å²) in [5.74, 6) is -1.32. The predicted octanol–water partition coefficient (Wildman–Crippen LogP) is -0.834. The van der Waals surface area contributed by atoms with Gasteiger partial charge < -0.3 is 4.90 Å². The smallest absolute Gasteiger partial charge is 0.251 e. The lowest BCUT2D eigenvalue weighted by Gasteiger charge is -2.15. The van der Waals surface area contributed by atoms with Gasteiger partial charge in [0, 0.05) is 19.5 Å². The van der Waals surface area contributed by atoms with Crippen molar-refractivity contribution in [2.24, 2.45) is 5.92 Å². The zero-order chi connectivity index (χ0) is 11.5. The normalized spacial score (nSPS) is 21.1. The summed E-state index contributed by atoms with van der Waals surface area (Å²) < 4.78 is 0. The van der Waals surface area contributed by atoms with Crippen LogP contribution in [0.2, 0.25) is 0 Å². The molecule has 0 radical (unpaired) electrons. The number of carbonyl (C=O) groups excluding carboxylic acids is 3. The number of nitrogens with one attached hydrogen (secondary N) is 2. The first-order valence-electron chi connectivity index (χ1n) is 5.56. The molecule has 6 heteroatoms. The molecule has 0 aromatic heterocycles. The van der Waals surface area contributed by atoms with E-state index in [2.05, 4.69) is 10.9 Å². The van der Waals surface area contributed by atoms with Gasteiger partial charge in [0.25, 0.3) is 11.8 Å². The summed E-state index contributed by atoms with van der Waals surface area (Å²) >= 11 is 0. The van der Waals surface area contributed by atoms with Crippen molar-refractivity contribution in [1.29, 1.82) is 0 Å². The lowest BCUT2D eigenvalue weighted by Crippen LogP contribution is -2.29. The Labute approximate surface area is 93.3 Å². The van der Waals surface area contributed by atoms with Gasteiger partial charge in [0.1, 0.15) is 5.92 Å². The van der Waals surface area contributed by atoms with Crippen molar-refractivity contribution in [3.05, 3.63) is 0 Å². The Morgan fingerprint density at radius 3 is 2.31 bits per heavy atom. The minimum absolute atomic E-state index is 0.0463. The summed E-state index contributed by atoms with van der Waals surface area (Å²) in [6, 6.07) is 0.